The van der Waals surface area contributed by atoms with Gasteiger partial charge in [0.15, 0.2) is 0 Å². The molecule has 0 unspecified atom stereocenters. The number of aromatic nitrogens is 2. The molecule has 0 saturated carbocycles. The number of imidazole rings is 1. The number of methoxy groups -OCH3 is 2. The smallest absolute Gasteiger partial charge is 0.240 e. The van der Waals surface area contributed by atoms with Gasteiger partial charge < -0.3 is 19.4 Å². The molecule has 0 aliphatic heterocycles. The van der Waals surface area contributed by atoms with Crippen LogP contribution in [-0.4, -0.2) is 36.2 Å². The van der Waals surface area contributed by atoms with Crippen LogP contribution in [0.4, 0.5) is 0 Å². The average molecular weight is 536 g/mol. The van der Waals surface area contributed by atoms with Crippen molar-refractivity contribution in [1.29, 1.82) is 0 Å². The lowest BCUT2D eigenvalue weighted by Crippen LogP contribution is -2.29. The predicted molar refractivity (Wildman–Crippen MR) is 149 cm³/mol. The van der Waals surface area contributed by atoms with E-state index in [2.05, 4.69) is 5.32 Å². The van der Waals surface area contributed by atoms with Gasteiger partial charge in [0.25, 0.3) is 0 Å². The van der Waals surface area contributed by atoms with E-state index in [-0.39, 0.29) is 12.5 Å². The Bertz CT molecular complexity index is 1380. The van der Waals surface area contributed by atoms with Crippen molar-refractivity contribution in [3.63, 3.8) is 0 Å². The van der Waals surface area contributed by atoms with Crippen molar-refractivity contribution in [2.45, 2.75) is 13.0 Å². The Hall–Kier alpha value is -3.74. The van der Waals surface area contributed by atoms with E-state index in [4.69, 9.17) is 37.7 Å². The fourth-order valence-electron chi connectivity index (χ4n) is 3.75. The summed E-state index contributed by atoms with van der Waals surface area (Å²) >= 11 is 12.5. The third kappa shape index (κ3) is 7.15. The number of hydrogen-bond acceptors (Lipinski definition) is 4. The van der Waals surface area contributed by atoms with Gasteiger partial charge in [-0.2, -0.15) is 0 Å². The van der Waals surface area contributed by atoms with Crippen molar-refractivity contribution in [2.24, 2.45) is 0 Å². The molecule has 0 aliphatic carbocycles. The molecule has 3 aromatic carbocycles. The minimum absolute atomic E-state index is 0.112. The molecule has 190 valence electrons. The van der Waals surface area contributed by atoms with Crippen LogP contribution in [0.25, 0.3) is 23.4 Å². The van der Waals surface area contributed by atoms with E-state index >= 15 is 0 Å². The number of hydrogen-bond donors (Lipinski definition) is 1. The maximum absolute atomic E-state index is 12.8. The Morgan fingerprint density at radius 3 is 2.27 bits per heavy atom. The number of ether oxygens (including phenoxy) is 2. The monoisotopic (exact) mass is 535 g/mol. The van der Waals surface area contributed by atoms with Crippen molar-refractivity contribution < 1.29 is 14.3 Å². The van der Waals surface area contributed by atoms with Gasteiger partial charge in [-0.1, -0.05) is 53.5 Å². The van der Waals surface area contributed by atoms with Gasteiger partial charge in [-0.05, 0) is 66.1 Å². The van der Waals surface area contributed by atoms with Gasteiger partial charge >= 0.3 is 0 Å². The molecule has 1 heterocycles. The Balaban J connectivity index is 1.50. The topological polar surface area (TPSA) is 65.4 Å². The predicted octanol–water partition coefficient (Wildman–Crippen LogP) is 6.40. The third-order valence-corrected chi connectivity index (χ3v) is 6.31. The van der Waals surface area contributed by atoms with Crippen molar-refractivity contribution in [3.8, 4) is 22.8 Å². The maximum atomic E-state index is 12.8. The Morgan fingerprint density at radius 2 is 1.62 bits per heavy atom. The molecule has 0 fully saturated rings. The summed E-state index contributed by atoms with van der Waals surface area (Å²) < 4.78 is 12.2. The quantitative estimate of drug-likeness (QED) is 0.255. The molecule has 0 atom stereocenters. The molecule has 0 bridgehead atoms. The molecular weight excluding hydrogens is 509 g/mol. The number of carbonyl (C=O) groups is 1. The number of amides is 1. The van der Waals surface area contributed by atoms with E-state index in [0.717, 1.165) is 34.6 Å². The first-order chi connectivity index (χ1) is 17.9. The Labute approximate surface area is 226 Å². The lowest BCUT2D eigenvalue weighted by Gasteiger charge is -2.08. The summed E-state index contributed by atoms with van der Waals surface area (Å²) in [7, 11) is 3.27. The number of carbonyl (C=O) groups excluding carboxylic acids is 1. The van der Waals surface area contributed by atoms with Gasteiger partial charge in [-0.15, -0.1) is 0 Å². The van der Waals surface area contributed by atoms with Crippen LogP contribution in [-0.2, 0) is 17.8 Å². The lowest BCUT2D eigenvalue weighted by molar-refractivity contribution is -0.121. The zero-order chi connectivity index (χ0) is 26.2. The Morgan fingerprint density at radius 1 is 0.946 bits per heavy atom. The number of nitrogens with one attached hydrogen (secondary N) is 1. The minimum atomic E-state index is -0.112. The fourth-order valence-corrected chi connectivity index (χ4v) is 4.26. The second-order valence-electron chi connectivity index (χ2n) is 8.29. The van der Waals surface area contributed by atoms with Crippen molar-refractivity contribution >= 4 is 41.3 Å². The van der Waals surface area contributed by atoms with E-state index < -0.39 is 0 Å². The fraction of sp³-hybridized carbons (Fsp3) is 0.172. The van der Waals surface area contributed by atoms with Crippen molar-refractivity contribution in [1.82, 2.24) is 14.9 Å². The molecule has 4 rings (SSSR count). The van der Waals surface area contributed by atoms with E-state index in [1.165, 1.54) is 0 Å². The van der Waals surface area contributed by atoms with Gasteiger partial charge in [0.1, 0.15) is 23.9 Å². The van der Waals surface area contributed by atoms with E-state index in [9.17, 15) is 4.79 Å². The number of halogens is 2. The van der Waals surface area contributed by atoms with Crippen LogP contribution < -0.4 is 14.8 Å². The molecule has 0 spiro atoms. The second-order valence-corrected chi connectivity index (χ2v) is 9.13. The van der Waals surface area contributed by atoms with Gasteiger partial charge in [0, 0.05) is 23.3 Å². The summed E-state index contributed by atoms with van der Waals surface area (Å²) in [5.41, 5.74) is 3.49. The average Bonchev–Trinajstić information content (AvgIpc) is 3.30. The molecular formula is C29H27Cl2N3O3. The van der Waals surface area contributed by atoms with E-state index in [1.807, 2.05) is 77.5 Å². The third-order valence-electron chi connectivity index (χ3n) is 5.76. The highest BCUT2D eigenvalue weighted by molar-refractivity contribution is 6.36. The molecule has 0 radical (unpaired) electrons. The lowest BCUT2D eigenvalue weighted by atomic mass is 10.1. The SMILES string of the molecule is COc1ccc(/C=C/c2nc(-c3ccc(Cl)cc3Cl)cn2CC(=O)NCCc2ccc(OC)cc2)cc1. The summed E-state index contributed by atoms with van der Waals surface area (Å²) in [6, 6.07) is 20.7. The minimum Gasteiger partial charge on any atom is -0.497 e. The van der Waals surface area contributed by atoms with Crippen LogP contribution in [0.5, 0.6) is 11.5 Å². The van der Waals surface area contributed by atoms with Gasteiger partial charge in [-0.25, -0.2) is 4.98 Å². The van der Waals surface area contributed by atoms with Crippen LogP contribution in [0, 0.1) is 0 Å². The van der Waals surface area contributed by atoms with Gasteiger partial charge in [0.2, 0.25) is 5.91 Å². The zero-order valence-corrected chi connectivity index (χ0v) is 22.1. The number of rotatable bonds is 10. The summed E-state index contributed by atoms with van der Waals surface area (Å²) in [6.07, 6.45) is 6.36. The highest BCUT2D eigenvalue weighted by atomic mass is 35.5. The normalized spacial score (nSPS) is 11.0. The van der Waals surface area contributed by atoms with Gasteiger partial charge in [0.05, 0.1) is 24.9 Å². The largest absolute Gasteiger partial charge is 0.497 e. The number of benzene rings is 3. The molecule has 37 heavy (non-hydrogen) atoms. The first kappa shape index (κ1) is 26.3. The zero-order valence-electron chi connectivity index (χ0n) is 20.6. The molecule has 4 aromatic rings. The molecule has 1 amide bonds. The standard InChI is InChI=1S/C29H27Cl2N3O3/c1-36-23-9-3-20(4-10-23)7-14-28-33-27(25-13-8-22(30)17-26(25)31)18-34(28)19-29(35)32-16-15-21-5-11-24(37-2)12-6-21/h3-14,17-18H,15-16,19H2,1-2H3,(H,32,35)/b14-7+. The summed E-state index contributed by atoms with van der Waals surface area (Å²) in [5.74, 6) is 2.10. The maximum Gasteiger partial charge on any atom is 0.240 e. The second kappa shape index (κ2) is 12.5. The molecule has 1 N–H and O–H groups in total. The van der Waals surface area contributed by atoms with E-state index in [0.29, 0.717) is 28.1 Å². The summed E-state index contributed by atoms with van der Waals surface area (Å²) in [5, 5.41) is 4.03. The molecule has 8 heteroatoms. The summed E-state index contributed by atoms with van der Waals surface area (Å²) in [6.45, 7) is 0.635. The van der Waals surface area contributed by atoms with Gasteiger partial charge in [-0.3, -0.25) is 4.79 Å². The van der Waals surface area contributed by atoms with E-state index in [1.54, 1.807) is 26.4 Å². The first-order valence-corrected chi connectivity index (χ1v) is 12.4. The Kier molecular flexibility index (Phi) is 8.88. The highest BCUT2D eigenvalue weighted by Crippen LogP contribution is 2.30. The van der Waals surface area contributed by atoms with Crippen LogP contribution in [0.1, 0.15) is 17.0 Å². The molecule has 6 nitrogen and oxygen atoms in total. The molecule has 1 aromatic heterocycles. The van der Waals surface area contributed by atoms with Crippen molar-refractivity contribution in [2.75, 3.05) is 20.8 Å². The van der Waals surface area contributed by atoms with Crippen LogP contribution in [0.15, 0.2) is 72.9 Å². The van der Waals surface area contributed by atoms with Crippen LogP contribution >= 0.6 is 23.2 Å². The van der Waals surface area contributed by atoms with Crippen LogP contribution in [0.2, 0.25) is 10.0 Å². The number of nitrogens with zero attached hydrogens (tertiary/aromatic N) is 2. The molecule has 0 aliphatic rings. The molecule has 0 saturated heterocycles. The first-order valence-electron chi connectivity index (χ1n) is 11.7. The summed E-state index contributed by atoms with van der Waals surface area (Å²) in [4.78, 5) is 17.5. The van der Waals surface area contributed by atoms with Crippen molar-refractivity contribution in [3.05, 3.63) is 99.9 Å². The highest BCUT2D eigenvalue weighted by Gasteiger charge is 2.13. The van der Waals surface area contributed by atoms with Crippen LogP contribution in [0.3, 0.4) is 0 Å².